The highest BCUT2D eigenvalue weighted by Gasteiger charge is 2.25. The molecule has 0 aliphatic heterocycles. The molecule has 64 heavy (non-hydrogen) atoms. The second-order valence-electron chi connectivity index (χ2n) is 15.5. The Morgan fingerprint density at radius 3 is 1.11 bits per heavy atom. The summed E-state index contributed by atoms with van der Waals surface area (Å²) < 4.78 is 10.9. The van der Waals surface area contributed by atoms with Gasteiger partial charge in [-0.05, 0) is 97.5 Å². The van der Waals surface area contributed by atoms with Crippen LogP contribution in [0.1, 0.15) is 36.1 Å². The Balaban J connectivity index is 1.12. The maximum absolute atomic E-state index is 12.7. The van der Waals surface area contributed by atoms with E-state index in [0.29, 0.717) is 87.9 Å². The summed E-state index contributed by atoms with van der Waals surface area (Å²) in [5.41, 5.74) is 5.23. The molecular weight excluding hydrogens is 825 g/mol. The molecule has 0 radical (unpaired) electrons. The SMILES string of the molecule is CC(C)(COC(=O)Nc1ccc(Cc2ccc(NC(=O)NCCN(CCO)CCO)cc2)cc1)OC(=O)Nc1ccc(Cc2ccc(NC(=O)NCCN(CCO)CCO)cc2)cc1. The number of ether oxygens (including phenoxy) is 2. The van der Waals surface area contributed by atoms with Gasteiger partial charge in [-0.3, -0.25) is 20.4 Å². The Kier molecular flexibility index (Phi) is 21.3. The minimum Gasteiger partial charge on any atom is -0.445 e. The summed E-state index contributed by atoms with van der Waals surface area (Å²) in [6.45, 7) is 6.40. The van der Waals surface area contributed by atoms with Crippen LogP contribution >= 0.6 is 0 Å². The molecule has 0 aliphatic carbocycles. The van der Waals surface area contributed by atoms with Gasteiger partial charge in [0.2, 0.25) is 0 Å². The molecule has 0 spiro atoms. The zero-order valence-corrected chi connectivity index (χ0v) is 36.5. The smallest absolute Gasteiger partial charge is 0.412 e. The van der Waals surface area contributed by atoms with Gasteiger partial charge in [-0.1, -0.05) is 48.5 Å². The van der Waals surface area contributed by atoms with Crippen LogP contribution in [0.4, 0.5) is 41.9 Å². The number of aliphatic hydroxyl groups excluding tert-OH is 4. The summed E-state index contributed by atoms with van der Waals surface area (Å²) in [6.07, 6.45) is -0.161. The number of carbonyl (C=O) groups excluding carboxylic acids is 4. The van der Waals surface area contributed by atoms with Gasteiger partial charge in [-0.25, -0.2) is 19.2 Å². The summed E-state index contributed by atoms with van der Waals surface area (Å²) in [5.74, 6) is 0. The van der Waals surface area contributed by atoms with Crippen molar-refractivity contribution in [1.29, 1.82) is 0 Å². The molecule has 6 amide bonds. The largest absolute Gasteiger partial charge is 0.445 e. The molecule has 0 atom stereocenters. The fourth-order valence-electron chi connectivity index (χ4n) is 6.35. The minimum atomic E-state index is -1.13. The highest BCUT2D eigenvalue weighted by molar-refractivity contribution is 5.90. The van der Waals surface area contributed by atoms with Crippen molar-refractivity contribution < 1.29 is 49.1 Å². The van der Waals surface area contributed by atoms with Gasteiger partial charge in [0.1, 0.15) is 12.2 Å². The lowest BCUT2D eigenvalue weighted by atomic mass is 10.0. The number of nitrogens with one attached hydrogen (secondary N) is 6. The molecule has 10 N–H and O–H groups in total. The molecule has 18 nitrogen and oxygen atoms in total. The highest BCUT2D eigenvalue weighted by Crippen LogP contribution is 2.19. The normalized spacial score (nSPS) is 11.2. The maximum atomic E-state index is 12.7. The van der Waals surface area contributed by atoms with Crippen LogP contribution in [0.5, 0.6) is 0 Å². The van der Waals surface area contributed by atoms with E-state index in [1.807, 2.05) is 82.6 Å². The van der Waals surface area contributed by atoms with Crippen LogP contribution in [0, 0.1) is 0 Å². The molecule has 4 rings (SSSR count). The molecular formula is C46H62N8O10. The van der Waals surface area contributed by atoms with Gasteiger partial charge in [0.05, 0.1) is 26.4 Å². The standard InChI is InChI=1S/C46H62N8O10/c1-46(2,64-45(62)52-41-17-9-37(10-18-41)32-35-5-13-39(14-6-35)50-43(60)48-20-22-54(25-29-57)26-30-58)33-63-44(61)51-40-15-7-36(8-16-40)31-34-3-11-38(12-4-34)49-42(59)47-19-21-53(23-27-55)24-28-56/h3-18,55-58H,19-33H2,1-2H3,(H,51,61)(H,52,62)(H2,47,49,59)(H2,48,50,60). The first-order valence-electron chi connectivity index (χ1n) is 21.1. The van der Waals surface area contributed by atoms with Crippen LogP contribution in [-0.4, -0.2) is 145 Å². The van der Waals surface area contributed by atoms with Crippen LogP contribution < -0.4 is 31.9 Å². The Labute approximate surface area is 374 Å². The lowest BCUT2D eigenvalue weighted by molar-refractivity contribution is -0.00170. The topological polar surface area (TPSA) is 246 Å². The molecule has 0 aliphatic rings. The third kappa shape index (κ3) is 19.4. The van der Waals surface area contributed by atoms with E-state index >= 15 is 0 Å². The van der Waals surface area contributed by atoms with Crippen LogP contribution in [0.15, 0.2) is 97.1 Å². The zero-order chi connectivity index (χ0) is 46.2. The quantitative estimate of drug-likeness (QED) is 0.0449. The predicted octanol–water partition coefficient (Wildman–Crippen LogP) is 4.26. The van der Waals surface area contributed by atoms with Crippen LogP contribution in [0.2, 0.25) is 0 Å². The number of amides is 6. The molecule has 4 aromatic carbocycles. The fourth-order valence-corrected chi connectivity index (χ4v) is 6.35. The number of hydrogen-bond acceptors (Lipinski definition) is 12. The van der Waals surface area contributed by atoms with E-state index in [1.54, 1.807) is 38.1 Å². The van der Waals surface area contributed by atoms with Crippen molar-refractivity contribution in [3.63, 3.8) is 0 Å². The summed E-state index contributed by atoms with van der Waals surface area (Å²) in [5, 5.41) is 53.0. The van der Waals surface area contributed by atoms with Crippen molar-refractivity contribution in [3.8, 4) is 0 Å². The van der Waals surface area contributed by atoms with Crippen molar-refractivity contribution in [2.45, 2.75) is 32.3 Å². The van der Waals surface area contributed by atoms with Crippen molar-refractivity contribution in [3.05, 3.63) is 119 Å². The average molecular weight is 887 g/mol. The molecule has 0 bridgehead atoms. The molecule has 18 heteroatoms. The van der Waals surface area contributed by atoms with Gasteiger partial charge in [-0.15, -0.1) is 0 Å². The van der Waals surface area contributed by atoms with Gasteiger partial charge in [0, 0.05) is 75.1 Å². The summed E-state index contributed by atoms with van der Waals surface area (Å²) in [6, 6.07) is 28.8. The number of nitrogens with zero attached hydrogens (tertiary/aromatic N) is 2. The highest BCUT2D eigenvalue weighted by atomic mass is 16.6. The number of anilines is 4. The second kappa shape index (κ2) is 27.0. The maximum Gasteiger partial charge on any atom is 0.412 e. The molecule has 0 saturated carbocycles. The van der Waals surface area contributed by atoms with E-state index in [1.165, 1.54) is 0 Å². The second-order valence-corrected chi connectivity index (χ2v) is 15.5. The third-order valence-corrected chi connectivity index (χ3v) is 9.65. The monoisotopic (exact) mass is 886 g/mol. The molecule has 0 aromatic heterocycles. The van der Waals surface area contributed by atoms with Crippen LogP contribution in [-0.2, 0) is 22.3 Å². The molecule has 0 heterocycles. The number of benzene rings is 4. The first-order chi connectivity index (χ1) is 30.9. The Bertz CT molecular complexity index is 2010. The lowest BCUT2D eigenvalue weighted by Crippen LogP contribution is -2.39. The van der Waals surface area contributed by atoms with Crippen molar-refractivity contribution in [2.24, 2.45) is 0 Å². The lowest BCUT2D eigenvalue weighted by Gasteiger charge is -2.24. The number of carbonyl (C=O) groups is 4. The fraction of sp³-hybridized carbons (Fsp3) is 0.391. The zero-order valence-electron chi connectivity index (χ0n) is 36.5. The van der Waals surface area contributed by atoms with Gasteiger partial charge < -0.3 is 51.2 Å². The first-order valence-corrected chi connectivity index (χ1v) is 21.1. The number of hydrogen-bond donors (Lipinski definition) is 10. The summed E-state index contributed by atoms with van der Waals surface area (Å²) >= 11 is 0. The van der Waals surface area contributed by atoms with Gasteiger partial charge in [-0.2, -0.15) is 0 Å². The van der Waals surface area contributed by atoms with Gasteiger partial charge in [0.25, 0.3) is 0 Å². The molecule has 0 fully saturated rings. The van der Waals surface area contributed by atoms with Crippen LogP contribution in [0.25, 0.3) is 0 Å². The Morgan fingerprint density at radius 1 is 0.469 bits per heavy atom. The van der Waals surface area contributed by atoms with Crippen molar-refractivity contribution in [2.75, 3.05) is 107 Å². The van der Waals surface area contributed by atoms with E-state index in [9.17, 15) is 19.2 Å². The summed E-state index contributed by atoms with van der Waals surface area (Å²) in [4.78, 5) is 53.6. The summed E-state index contributed by atoms with van der Waals surface area (Å²) in [7, 11) is 0. The Morgan fingerprint density at radius 2 is 0.781 bits per heavy atom. The molecule has 4 aromatic rings. The van der Waals surface area contributed by atoms with Crippen LogP contribution in [0.3, 0.4) is 0 Å². The van der Waals surface area contributed by atoms with E-state index in [-0.39, 0.29) is 45.1 Å². The van der Waals surface area contributed by atoms with E-state index in [2.05, 4.69) is 31.9 Å². The number of rotatable bonds is 25. The van der Waals surface area contributed by atoms with Crippen molar-refractivity contribution >= 4 is 47.0 Å². The molecule has 0 saturated heterocycles. The number of aliphatic hydroxyl groups is 4. The van der Waals surface area contributed by atoms with Crippen molar-refractivity contribution in [1.82, 2.24) is 20.4 Å². The van der Waals surface area contributed by atoms with E-state index < -0.39 is 17.8 Å². The number of urea groups is 2. The average Bonchev–Trinajstić information content (AvgIpc) is 3.26. The minimum absolute atomic E-state index is 0.0239. The van der Waals surface area contributed by atoms with E-state index in [4.69, 9.17) is 29.9 Å². The third-order valence-electron chi connectivity index (χ3n) is 9.65. The molecule has 0 unspecified atom stereocenters. The van der Waals surface area contributed by atoms with E-state index in [0.717, 1.165) is 22.3 Å². The molecule has 346 valence electrons. The van der Waals surface area contributed by atoms with Gasteiger partial charge in [0.15, 0.2) is 0 Å². The Hall–Kier alpha value is -6.28. The predicted molar refractivity (Wildman–Crippen MR) is 246 cm³/mol. The van der Waals surface area contributed by atoms with Gasteiger partial charge >= 0.3 is 24.2 Å². The first kappa shape index (κ1) is 50.4.